The minimum atomic E-state index is -0.0732. The van der Waals surface area contributed by atoms with E-state index in [1.807, 2.05) is 20.8 Å². The summed E-state index contributed by atoms with van der Waals surface area (Å²) in [5.41, 5.74) is 0.0449. The topological polar surface area (TPSA) is 61.3 Å². The van der Waals surface area contributed by atoms with Gasteiger partial charge in [0, 0.05) is 0 Å². The zero-order chi connectivity index (χ0) is 9.61. The lowest BCUT2D eigenvalue weighted by molar-refractivity contribution is -0.145. The highest BCUT2D eigenvalue weighted by Crippen LogP contribution is 2.18. The van der Waals surface area contributed by atoms with Gasteiger partial charge in [0.2, 0.25) is 0 Å². The molecular weight excluding hydrogens is 166 g/mol. The number of rotatable bonds is 4. The Morgan fingerprint density at radius 1 is 1.31 bits per heavy atom. The molecule has 3 nitrogen and oxygen atoms in total. The summed E-state index contributed by atoms with van der Waals surface area (Å²) in [7, 11) is 0. The molecule has 0 saturated heterocycles. The number of esters is 1. The quantitative estimate of drug-likeness (QED) is 0.546. The maximum Gasteiger partial charge on any atom is 0.306 e. The van der Waals surface area contributed by atoms with Crippen LogP contribution < -0.4 is 6.15 Å². The molecule has 0 rings (SSSR count). The first kappa shape index (κ1) is 14.9. The van der Waals surface area contributed by atoms with Crippen LogP contribution in [-0.4, -0.2) is 12.6 Å². The highest BCUT2D eigenvalue weighted by atomic mass is 16.5. The average molecular weight is 189 g/mol. The Morgan fingerprint density at radius 2 is 1.85 bits per heavy atom. The molecule has 0 aliphatic rings. The third-order valence-corrected chi connectivity index (χ3v) is 1.44. The predicted octanol–water partition coefficient (Wildman–Crippen LogP) is 2.93. The second-order valence-electron chi connectivity index (χ2n) is 4.31. The number of carbonyl (C=O) groups is 1. The Balaban J connectivity index is 0. The van der Waals surface area contributed by atoms with E-state index in [0.29, 0.717) is 13.0 Å². The number of carbonyl (C=O) groups excluding carboxylic acids is 1. The van der Waals surface area contributed by atoms with Crippen molar-refractivity contribution in [2.24, 2.45) is 5.41 Å². The van der Waals surface area contributed by atoms with E-state index in [0.717, 1.165) is 12.8 Å². The Morgan fingerprint density at radius 3 is 2.23 bits per heavy atom. The fraction of sp³-hybridized carbons (Fsp3) is 0.900. The van der Waals surface area contributed by atoms with Crippen molar-refractivity contribution in [3.63, 3.8) is 0 Å². The normalized spacial score (nSPS) is 10.5. The van der Waals surface area contributed by atoms with Gasteiger partial charge in [0.15, 0.2) is 0 Å². The summed E-state index contributed by atoms with van der Waals surface area (Å²) in [6.07, 6.45) is 2.55. The maximum absolute atomic E-state index is 11.1. The Kier molecular flexibility index (Phi) is 7.92. The lowest BCUT2D eigenvalue weighted by atomic mass is 9.92. The molecule has 13 heavy (non-hydrogen) atoms. The van der Waals surface area contributed by atoms with Gasteiger partial charge < -0.3 is 10.9 Å². The van der Waals surface area contributed by atoms with Gasteiger partial charge in [0.25, 0.3) is 0 Å². The van der Waals surface area contributed by atoms with Gasteiger partial charge in [-0.25, -0.2) is 0 Å². The van der Waals surface area contributed by atoms with Gasteiger partial charge in [-0.2, -0.15) is 0 Å². The minimum Gasteiger partial charge on any atom is -0.466 e. The molecule has 0 bridgehead atoms. The van der Waals surface area contributed by atoms with Gasteiger partial charge in [-0.15, -0.1) is 0 Å². The van der Waals surface area contributed by atoms with Crippen LogP contribution in [0.5, 0.6) is 0 Å². The molecule has 0 atom stereocenters. The van der Waals surface area contributed by atoms with Gasteiger partial charge in [0.1, 0.15) is 0 Å². The molecule has 0 radical (unpaired) electrons. The number of hydrogen-bond acceptors (Lipinski definition) is 3. The van der Waals surface area contributed by atoms with Crippen molar-refractivity contribution in [3.05, 3.63) is 0 Å². The summed E-state index contributed by atoms with van der Waals surface area (Å²) in [4.78, 5) is 11.1. The first-order chi connectivity index (χ1) is 5.45. The molecule has 0 spiro atoms. The molecule has 0 unspecified atom stereocenters. The second kappa shape index (κ2) is 6.89. The first-order valence-electron chi connectivity index (χ1n) is 4.61. The van der Waals surface area contributed by atoms with Gasteiger partial charge in [0.05, 0.1) is 13.0 Å². The highest BCUT2D eigenvalue weighted by Gasteiger charge is 2.16. The zero-order valence-corrected chi connectivity index (χ0v) is 9.35. The molecule has 0 saturated carbocycles. The van der Waals surface area contributed by atoms with Crippen LogP contribution in [0.15, 0.2) is 0 Å². The van der Waals surface area contributed by atoms with Crippen molar-refractivity contribution >= 4 is 5.97 Å². The van der Waals surface area contributed by atoms with E-state index in [9.17, 15) is 4.79 Å². The van der Waals surface area contributed by atoms with Crippen molar-refractivity contribution in [1.82, 2.24) is 6.15 Å². The van der Waals surface area contributed by atoms with Crippen molar-refractivity contribution in [2.75, 3.05) is 6.61 Å². The van der Waals surface area contributed by atoms with E-state index in [1.165, 1.54) is 0 Å². The highest BCUT2D eigenvalue weighted by molar-refractivity contribution is 5.70. The molecule has 0 aromatic carbocycles. The van der Waals surface area contributed by atoms with Gasteiger partial charge in [-0.05, 0) is 11.8 Å². The zero-order valence-electron chi connectivity index (χ0n) is 9.35. The fourth-order valence-corrected chi connectivity index (χ4v) is 0.814. The molecule has 0 fully saturated rings. The number of unbranched alkanes of at least 4 members (excludes halogenated alkanes) is 1. The minimum absolute atomic E-state index is 0. The summed E-state index contributed by atoms with van der Waals surface area (Å²) in [5, 5.41) is 0. The van der Waals surface area contributed by atoms with E-state index in [1.54, 1.807) is 0 Å². The Labute approximate surface area is 81.4 Å². The van der Waals surface area contributed by atoms with Crippen molar-refractivity contribution in [2.45, 2.75) is 47.0 Å². The first-order valence-corrected chi connectivity index (χ1v) is 4.61. The third kappa shape index (κ3) is 11.4. The van der Waals surface area contributed by atoms with Crippen LogP contribution in [0.4, 0.5) is 0 Å². The summed E-state index contributed by atoms with van der Waals surface area (Å²) < 4.78 is 5.02. The van der Waals surface area contributed by atoms with Crippen LogP contribution in [0.1, 0.15) is 47.0 Å². The van der Waals surface area contributed by atoms with Crippen molar-refractivity contribution < 1.29 is 9.53 Å². The number of hydrogen-bond donors (Lipinski definition) is 1. The smallest absolute Gasteiger partial charge is 0.306 e. The van der Waals surface area contributed by atoms with E-state index < -0.39 is 0 Å². The van der Waals surface area contributed by atoms with Gasteiger partial charge >= 0.3 is 5.97 Å². The summed E-state index contributed by atoms with van der Waals surface area (Å²) in [5.74, 6) is -0.0732. The van der Waals surface area contributed by atoms with Gasteiger partial charge in [-0.1, -0.05) is 34.1 Å². The molecule has 3 heteroatoms. The SMILES string of the molecule is CCCCOC(=O)CC(C)(C)C.N. The fourth-order valence-electron chi connectivity index (χ4n) is 0.814. The Hall–Kier alpha value is -0.570. The lowest BCUT2D eigenvalue weighted by Gasteiger charge is -2.16. The molecular formula is C10H23NO2. The molecule has 0 aromatic rings. The maximum atomic E-state index is 11.1. The summed E-state index contributed by atoms with van der Waals surface area (Å²) in [6.45, 7) is 8.76. The van der Waals surface area contributed by atoms with Crippen LogP contribution >= 0.6 is 0 Å². The van der Waals surface area contributed by atoms with E-state index in [-0.39, 0.29) is 17.5 Å². The molecule has 0 heterocycles. The Bertz CT molecular complexity index is 138. The predicted molar refractivity (Wildman–Crippen MR) is 55.0 cm³/mol. The van der Waals surface area contributed by atoms with Crippen LogP contribution in [-0.2, 0) is 9.53 Å². The standard InChI is InChI=1S/C10H20O2.H3N/c1-5-6-7-12-9(11)8-10(2,3)4;/h5-8H2,1-4H3;1H3. The van der Waals surface area contributed by atoms with Crippen LogP contribution in [0.25, 0.3) is 0 Å². The second-order valence-corrected chi connectivity index (χ2v) is 4.31. The van der Waals surface area contributed by atoms with E-state index in [2.05, 4.69) is 6.92 Å². The van der Waals surface area contributed by atoms with Crippen molar-refractivity contribution in [1.29, 1.82) is 0 Å². The molecule has 0 aromatic heterocycles. The summed E-state index contributed by atoms with van der Waals surface area (Å²) in [6, 6.07) is 0. The van der Waals surface area contributed by atoms with E-state index >= 15 is 0 Å². The molecule has 0 aliphatic heterocycles. The number of ether oxygens (including phenoxy) is 1. The summed E-state index contributed by atoms with van der Waals surface area (Å²) >= 11 is 0. The lowest BCUT2D eigenvalue weighted by Crippen LogP contribution is -2.15. The van der Waals surface area contributed by atoms with Crippen LogP contribution in [0.3, 0.4) is 0 Å². The molecule has 0 amide bonds. The van der Waals surface area contributed by atoms with Gasteiger partial charge in [-0.3, -0.25) is 4.79 Å². The third-order valence-electron chi connectivity index (χ3n) is 1.44. The average Bonchev–Trinajstić information content (AvgIpc) is 1.84. The molecule has 80 valence electrons. The van der Waals surface area contributed by atoms with Crippen molar-refractivity contribution in [3.8, 4) is 0 Å². The largest absolute Gasteiger partial charge is 0.466 e. The van der Waals surface area contributed by atoms with E-state index in [4.69, 9.17) is 4.74 Å². The monoisotopic (exact) mass is 189 g/mol. The van der Waals surface area contributed by atoms with Crippen LogP contribution in [0.2, 0.25) is 0 Å². The molecule has 3 N–H and O–H groups in total. The van der Waals surface area contributed by atoms with Crippen LogP contribution in [0, 0.1) is 5.41 Å². The molecule has 0 aliphatic carbocycles.